The van der Waals surface area contributed by atoms with Gasteiger partial charge < -0.3 is 14.8 Å². The number of rotatable bonds is 7. The van der Waals surface area contributed by atoms with E-state index in [4.69, 9.17) is 9.47 Å². The highest BCUT2D eigenvalue weighted by atomic mass is 16.5. The van der Waals surface area contributed by atoms with Crippen molar-refractivity contribution in [2.45, 2.75) is 26.5 Å². The third-order valence-corrected chi connectivity index (χ3v) is 3.26. The molecule has 3 heteroatoms. The fourth-order valence-corrected chi connectivity index (χ4v) is 2.21. The van der Waals surface area contributed by atoms with Gasteiger partial charge in [-0.25, -0.2) is 0 Å². The fourth-order valence-electron chi connectivity index (χ4n) is 2.21. The smallest absolute Gasteiger partial charge is 0.162 e. The molecular weight excluding hydrogens is 262 g/mol. The molecule has 0 aliphatic carbocycles. The van der Waals surface area contributed by atoms with Crippen LogP contribution in [0.2, 0.25) is 0 Å². The zero-order valence-corrected chi connectivity index (χ0v) is 12.9. The van der Waals surface area contributed by atoms with Crippen molar-refractivity contribution < 1.29 is 9.47 Å². The Balaban J connectivity index is 2.18. The second-order valence-corrected chi connectivity index (χ2v) is 4.92. The number of hydrogen-bond acceptors (Lipinski definition) is 3. The Morgan fingerprint density at radius 1 is 1.05 bits per heavy atom. The first kappa shape index (κ1) is 15.4. The van der Waals surface area contributed by atoms with Crippen LogP contribution in [0.15, 0.2) is 48.5 Å². The molecular formula is C18H23NO2. The predicted octanol–water partition coefficient (Wildman–Crippen LogP) is 3.94. The summed E-state index contributed by atoms with van der Waals surface area (Å²) in [4.78, 5) is 0. The molecule has 2 rings (SSSR count). The van der Waals surface area contributed by atoms with Crippen molar-refractivity contribution in [2.24, 2.45) is 0 Å². The monoisotopic (exact) mass is 285 g/mol. The largest absolute Gasteiger partial charge is 0.490 e. The third-order valence-electron chi connectivity index (χ3n) is 3.26. The summed E-state index contributed by atoms with van der Waals surface area (Å²) in [6.45, 7) is 5.47. The Kier molecular flexibility index (Phi) is 5.64. The van der Waals surface area contributed by atoms with Gasteiger partial charge in [-0.3, -0.25) is 0 Å². The van der Waals surface area contributed by atoms with Crippen molar-refractivity contribution in [1.29, 1.82) is 0 Å². The van der Waals surface area contributed by atoms with Crippen molar-refractivity contribution in [3.63, 3.8) is 0 Å². The Bertz CT molecular complexity index is 554. The Labute approximate surface area is 126 Å². The summed E-state index contributed by atoms with van der Waals surface area (Å²) in [7, 11) is 1.93. The quantitative estimate of drug-likeness (QED) is 0.835. The molecule has 0 aliphatic heterocycles. The summed E-state index contributed by atoms with van der Waals surface area (Å²) in [5.41, 5.74) is 2.33. The zero-order chi connectivity index (χ0) is 15.1. The average Bonchev–Trinajstić information content (AvgIpc) is 2.51. The molecule has 0 aromatic heterocycles. The standard InChI is InChI=1S/C18H23NO2/c1-4-20-18-12-15(13-19-3)10-11-17(18)21-14(2)16-8-6-5-7-9-16/h5-12,14,19H,4,13H2,1-3H3. The maximum absolute atomic E-state index is 6.07. The molecule has 1 atom stereocenters. The Morgan fingerprint density at radius 3 is 2.48 bits per heavy atom. The van der Waals surface area contributed by atoms with E-state index >= 15 is 0 Å². The molecule has 3 nitrogen and oxygen atoms in total. The number of nitrogens with one attached hydrogen (secondary N) is 1. The molecule has 0 heterocycles. The van der Waals surface area contributed by atoms with Crippen LogP contribution >= 0.6 is 0 Å². The second kappa shape index (κ2) is 7.70. The van der Waals surface area contributed by atoms with E-state index in [2.05, 4.69) is 23.5 Å². The minimum atomic E-state index is -0.0134. The van der Waals surface area contributed by atoms with Crippen LogP contribution in [0.3, 0.4) is 0 Å². The molecule has 0 aliphatic rings. The molecule has 21 heavy (non-hydrogen) atoms. The third kappa shape index (κ3) is 4.23. The van der Waals surface area contributed by atoms with Gasteiger partial charge in [0.25, 0.3) is 0 Å². The van der Waals surface area contributed by atoms with Gasteiger partial charge in [-0.15, -0.1) is 0 Å². The highest BCUT2D eigenvalue weighted by Crippen LogP contribution is 2.32. The first-order chi connectivity index (χ1) is 10.2. The van der Waals surface area contributed by atoms with Crippen molar-refractivity contribution in [1.82, 2.24) is 5.32 Å². The van der Waals surface area contributed by atoms with E-state index in [1.807, 2.05) is 51.2 Å². The summed E-state index contributed by atoms with van der Waals surface area (Å²) in [6, 6.07) is 16.3. The van der Waals surface area contributed by atoms with Gasteiger partial charge in [0.1, 0.15) is 6.10 Å². The van der Waals surface area contributed by atoms with Crippen molar-refractivity contribution in [3.05, 3.63) is 59.7 Å². The van der Waals surface area contributed by atoms with Crippen LogP contribution in [-0.4, -0.2) is 13.7 Å². The molecule has 0 radical (unpaired) electrons. The molecule has 2 aromatic carbocycles. The molecule has 0 saturated heterocycles. The van der Waals surface area contributed by atoms with Gasteiger partial charge in [-0.1, -0.05) is 36.4 Å². The van der Waals surface area contributed by atoms with Crippen LogP contribution in [-0.2, 0) is 6.54 Å². The van der Waals surface area contributed by atoms with Crippen molar-refractivity contribution in [3.8, 4) is 11.5 Å². The summed E-state index contributed by atoms with van der Waals surface area (Å²) in [5, 5.41) is 3.14. The molecule has 1 unspecified atom stereocenters. The van der Waals surface area contributed by atoms with E-state index in [0.717, 1.165) is 23.6 Å². The van der Waals surface area contributed by atoms with E-state index in [0.29, 0.717) is 6.61 Å². The summed E-state index contributed by atoms with van der Waals surface area (Å²) < 4.78 is 11.8. The Hall–Kier alpha value is -2.00. The highest BCUT2D eigenvalue weighted by Gasteiger charge is 2.11. The molecule has 1 N–H and O–H groups in total. The lowest BCUT2D eigenvalue weighted by Crippen LogP contribution is -2.07. The molecule has 0 saturated carbocycles. The Morgan fingerprint density at radius 2 is 1.81 bits per heavy atom. The maximum Gasteiger partial charge on any atom is 0.162 e. The minimum Gasteiger partial charge on any atom is -0.490 e. The van der Waals surface area contributed by atoms with Crippen LogP contribution in [0.4, 0.5) is 0 Å². The summed E-state index contributed by atoms with van der Waals surface area (Å²) in [5.74, 6) is 1.58. The summed E-state index contributed by atoms with van der Waals surface area (Å²) in [6.07, 6.45) is -0.0134. The van der Waals surface area contributed by atoms with Crippen LogP contribution < -0.4 is 14.8 Å². The topological polar surface area (TPSA) is 30.5 Å². The van der Waals surface area contributed by atoms with E-state index in [9.17, 15) is 0 Å². The lowest BCUT2D eigenvalue weighted by atomic mass is 10.1. The van der Waals surface area contributed by atoms with Gasteiger partial charge in [-0.05, 0) is 44.2 Å². The summed E-state index contributed by atoms with van der Waals surface area (Å²) >= 11 is 0. The van der Waals surface area contributed by atoms with E-state index in [1.165, 1.54) is 5.56 Å². The van der Waals surface area contributed by atoms with Gasteiger partial charge in [0, 0.05) is 6.54 Å². The number of benzene rings is 2. The normalized spacial score (nSPS) is 12.0. The fraction of sp³-hybridized carbons (Fsp3) is 0.333. The lowest BCUT2D eigenvalue weighted by molar-refractivity contribution is 0.210. The molecule has 0 spiro atoms. The van der Waals surface area contributed by atoms with E-state index in [-0.39, 0.29) is 6.10 Å². The molecule has 0 bridgehead atoms. The molecule has 2 aromatic rings. The number of hydrogen-bond donors (Lipinski definition) is 1. The van der Waals surface area contributed by atoms with E-state index < -0.39 is 0 Å². The van der Waals surface area contributed by atoms with Crippen molar-refractivity contribution >= 4 is 0 Å². The second-order valence-electron chi connectivity index (χ2n) is 4.92. The number of ether oxygens (including phenoxy) is 2. The molecule has 112 valence electrons. The van der Waals surface area contributed by atoms with Gasteiger partial charge in [0.15, 0.2) is 11.5 Å². The van der Waals surface area contributed by atoms with Crippen LogP contribution in [0.5, 0.6) is 11.5 Å². The predicted molar refractivity (Wildman–Crippen MR) is 85.9 cm³/mol. The first-order valence-electron chi connectivity index (χ1n) is 7.36. The van der Waals surface area contributed by atoms with Crippen LogP contribution in [0.25, 0.3) is 0 Å². The average molecular weight is 285 g/mol. The first-order valence-corrected chi connectivity index (χ1v) is 7.36. The van der Waals surface area contributed by atoms with Crippen LogP contribution in [0.1, 0.15) is 31.1 Å². The molecule has 0 amide bonds. The van der Waals surface area contributed by atoms with Gasteiger partial charge >= 0.3 is 0 Å². The SMILES string of the molecule is CCOc1cc(CNC)ccc1OC(C)c1ccccc1. The molecule has 0 fully saturated rings. The van der Waals surface area contributed by atoms with Crippen molar-refractivity contribution in [2.75, 3.05) is 13.7 Å². The van der Waals surface area contributed by atoms with Gasteiger partial charge in [-0.2, -0.15) is 0 Å². The maximum atomic E-state index is 6.07. The lowest BCUT2D eigenvalue weighted by Gasteiger charge is -2.18. The van der Waals surface area contributed by atoms with Gasteiger partial charge in [0.2, 0.25) is 0 Å². The van der Waals surface area contributed by atoms with Gasteiger partial charge in [0.05, 0.1) is 6.61 Å². The van der Waals surface area contributed by atoms with E-state index in [1.54, 1.807) is 0 Å². The zero-order valence-electron chi connectivity index (χ0n) is 12.9. The minimum absolute atomic E-state index is 0.0134. The van der Waals surface area contributed by atoms with Crippen LogP contribution in [0, 0.1) is 0 Å². The highest BCUT2D eigenvalue weighted by molar-refractivity contribution is 5.43.